The van der Waals surface area contributed by atoms with E-state index in [-0.39, 0.29) is 12.1 Å². The number of urea groups is 1. The molecule has 0 saturated carbocycles. The van der Waals surface area contributed by atoms with E-state index >= 15 is 0 Å². The van der Waals surface area contributed by atoms with Crippen LogP contribution in [0.4, 0.5) is 10.6 Å². The number of hydrogen-bond donors (Lipinski definition) is 1. The molecule has 26 heavy (non-hydrogen) atoms. The first-order valence-electron chi connectivity index (χ1n) is 9.13. The van der Waals surface area contributed by atoms with Gasteiger partial charge in [-0.2, -0.15) is 5.10 Å². The number of aromatic nitrogens is 3. The molecule has 1 fully saturated rings. The topological polar surface area (TPSA) is 72.3 Å². The van der Waals surface area contributed by atoms with Crippen molar-refractivity contribution in [1.29, 1.82) is 0 Å². The highest BCUT2D eigenvalue weighted by Gasteiger charge is 2.23. The Labute approximate surface area is 154 Å². The molecule has 0 bridgehead atoms. The van der Waals surface area contributed by atoms with Gasteiger partial charge in [-0.1, -0.05) is 13.8 Å². The third-order valence-corrected chi connectivity index (χ3v) is 4.58. The summed E-state index contributed by atoms with van der Waals surface area (Å²) in [6.45, 7) is 6.03. The molecular weight excluding hydrogens is 330 g/mol. The van der Waals surface area contributed by atoms with Crippen LogP contribution < -0.4 is 5.32 Å². The molecule has 1 aliphatic rings. The van der Waals surface area contributed by atoms with Gasteiger partial charge in [0.25, 0.3) is 0 Å². The molecule has 0 radical (unpaired) electrons. The van der Waals surface area contributed by atoms with Crippen LogP contribution in [0.5, 0.6) is 0 Å². The van der Waals surface area contributed by atoms with Gasteiger partial charge in [-0.3, -0.25) is 15.0 Å². The minimum absolute atomic E-state index is 0.0975. The lowest BCUT2D eigenvalue weighted by molar-refractivity contribution is 0.0819. The minimum atomic E-state index is -0.143. The Morgan fingerprint density at radius 1 is 1.42 bits per heavy atom. The van der Waals surface area contributed by atoms with Gasteiger partial charge in [-0.25, -0.2) is 4.79 Å². The fourth-order valence-electron chi connectivity index (χ4n) is 3.04. The number of nitrogens with zero attached hydrogens (tertiary/aromatic N) is 4. The van der Waals surface area contributed by atoms with Gasteiger partial charge < -0.3 is 9.64 Å². The first kappa shape index (κ1) is 18.4. The summed E-state index contributed by atoms with van der Waals surface area (Å²) >= 11 is 0. The van der Waals surface area contributed by atoms with E-state index in [0.717, 1.165) is 30.7 Å². The second-order valence-corrected chi connectivity index (χ2v) is 7.03. The van der Waals surface area contributed by atoms with Gasteiger partial charge in [0.05, 0.1) is 11.8 Å². The first-order chi connectivity index (χ1) is 12.5. The Kier molecular flexibility index (Phi) is 5.88. The standard InChI is InChI=1S/C19H27N5O2/c1-14(2)17-11-18(23(3)22-17)21-19(25)24(13-16-5-4-10-26-16)12-15-6-8-20-9-7-15/h6-9,11,14,16H,4-5,10,12-13H2,1-3H3,(H,21,25). The monoisotopic (exact) mass is 357 g/mol. The maximum Gasteiger partial charge on any atom is 0.323 e. The summed E-state index contributed by atoms with van der Waals surface area (Å²) in [7, 11) is 1.84. The molecule has 3 heterocycles. The Morgan fingerprint density at radius 3 is 2.81 bits per heavy atom. The van der Waals surface area contributed by atoms with Gasteiger partial charge in [0.15, 0.2) is 0 Å². The van der Waals surface area contributed by atoms with Crippen molar-refractivity contribution in [1.82, 2.24) is 19.7 Å². The summed E-state index contributed by atoms with van der Waals surface area (Å²) in [5.41, 5.74) is 2.00. The summed E-state index contributed by atoms with van der Waals surface area (Å²) in [6.07, 6.45) is 5.62. The van der Waals surface area contributed by atoms with E-state index in [1.165, 1.54) is 0 Å². The zero-order valence-corrected chi connectivity index (χ0v) is 15.7. The summed E-state index contributed by atoms with van der Waals surface area (Å²) in [5.74, 6) is 1.01. The minimum Gasteiger partial charge on any atom is -0.376 e. The Bertz CT molecular complexity index is 723. The van der Waals surface area contributed by atoms with Gasteiger partial charge in [-0.15, -0.1) is 0 Å². The predicted molar refractivity (Wildman–Crippen MR) is 99.9 cm³/mol. The molecule has 1 N–H and O–H groups in total. The third-order valence-electron chi connectivity index (χ3n) is 4.58. The zero-order valence-electron chi connectivity index (χ0n) is 15.7. The van der Waals surface area contributed by atoms with Crippen LogP contribution in [0, 0.1) is 0 Å². The number of rotatable bonds is 6. The average Bonchev–Trinajstić information content (AvgIpc) is 3.25. The van der Waals surface area contributed by atoms with E-state index in [1.807, 2.05) is 25.2 Å². The molecule has 2 aromatic heterocycles. The molecule has 2 aromatic rings. The molecule has 0 spiro atoms. The maximum absolute atomic E-state index is 12.9. The van der Waals surface area contributed by atoms with Crippen LogP contribution in [-0.2, 0) is 18.3 Å². The predicted octanol–water partition coefficient (Wildman–Crippen LogP) is 3.15. The highest BCUT2D eigenvalue weighted by Crippen LogP contribution is 2.19. The van der Waals surface area contributed by atoms with E-state index in [9.17, 15) is 4.79 Å². The molecule has 3 rings (SSSR count). The normalized spacial score (nSPS) is 16.8. The van der Waals surface area contributed by atoms with Crippen molar-refractivity contribution in [2.45, 2.75) is 45.3 Å². The van der Waals surface area contributed by atoms with E-state index in [0.29, 0.717) is 24.8 Å². The Morgan fingerprint density at radius 2 is 2.19 bits per heavy atom. The molecule has 0 aromatic carbocycles. The molecule has 2 amide bonds. The number of carbonyl (C=O) groups excluding carboxylic acids is 1. The zero-order chi connectivity index (χ0) is 18.5. The first-order valence-corrected chi connectivity index (χ1v) is 9.13. The molecular formula is C19H27N5O2. The molecule has 1 atom stereocenters. The second-order valence-electron chi connectivity index (χ2n) is 7.03. The number of amides is 2. The molecule has 1 aliphatic heterocycles. The molecule has 140 valence electrons. The van der Waals surface area contributed by atoms with Crippen molar-refractivity contribution in [2.24, 2.45) is 7.05 Å². The lowest BCUT2D eigenvalue weighted by Gasteiger charge is -2.25. The van der Waals surface area contributed by atoms with E-state index in [4.69, 9.17) is 4.74 Å². The van der Waals surface area contributed by atoms with Crippen LogP contribution in [0.3, 0.4) is 0 Å². The summed E-state index contributed by atoms with van der Waals surface area (Å²) in [5, 5.41) is 7.46. The number of hydrogen-bond acceptors (Lipinski definition) is 4. The van der Waals surface area contributed by atoms with Crippen molar-refractivity contribution < 1.29 is 9.53 Å². The van der Waals surface area contributed by atoms with Crippen LogP contribution in [-0.4, -0.2) is 45.0 Å². The van der Waals surface area contributed by atoms with Gasteiger partial charge >= 0.3 is 6.03 Å². The Balaban J connectivity index is 1.73. The fraction of sp³-hybridized carbons (Fsp3) is 0.526. The number of anilines is 1. The number of carbonyl (C=O) groups is 1. The van der Waals surface area contributed by atoms with E-state index in [2.05, 4.69) is 29.2 Å². The van der Waals surface area contributed by atoms with Gasteiger partial charge in [-0.05, 0) is 36.5 Å². The number of ether oxygens (including phenoxy) is 1. The lowest BCUT2D eigenvalue weighted by Crippen LogP contribution is -2.40. The van der Waals surface area contributed by atoms with E-state index < -0.39 is 0 Å². The average molecular weight is 357 g/mol. The highest BCUT2D eigenvalue weighted by molar-refractivity contribution is 5.88. The van der Waals surface area contributed by atoms with E-state index in [1.54, 1.807) is 22.0 Å². The van der Waals surface area contributed by atoms with Gasteiger partial charge in [0, 0.05) is 45.2 Å². The maximum atomic E-state index is 12.9. The third kappa shape index (κ3) is 4.60. The molecule has 7 heteroatoms. The largest absolute Gasteiger partial charge is 0.376 e. The summed E-state index contributed by atoms with van der Waals surface area (Å²) < 4.78 is 7.44. The molecule has 1 unspecified atom stereocenters. The van der Waals surface area contributed by atoms with Crippen LogP contribution in [0.2, 0.25) is 0 Å². The van der Waals surface area contributed by atoms with Crippen molar-refractivity contribution >= 4 is 11.8 Å². The van der Waals surface area contributed by atoms with Crippen LogP contribution in [0.15, 0.2) is 30.6 Å². The fourth-order valence-corrected chi connectivity index (χ4v) is 3.04. The lowest BCUT2D eigenvalue weighted by atomic mass is 10.1. The Hall–Kier alpha value is -2.41. The highest BCUT2D eigenvalue weighted by atomic mass is 16.5. The summed E-state index contributed by atoms with van der Waals surface area (Å²) in [6, 6.07) is 5.64. The van der Waals surface area contributed by atoms with Gasteiger partial charge in [0.1, 0.15) is 5.82 Å². The van der Waals surface area contributed by atoms with Crippen molar-refractivity contribution in [3.63, 3.8) is 0 Å². The SMILES string of the molecule is CC(C)c1cc(NC(=O)N(Cc2ccncc2)CC2CCCO2)n(C)n1. The van der Waals surface area contributed by atoms with Crippen LogP contribution >= 0.6 is 0 Å². The molecule has 7 nitrogen and oxygen atoms in total. The smallest absolute Gasteiger partial charge is 0.323 e. The molecule has 0 aliphatic carbocycles. The number of aryl methyl sites for hydroxylation is 1. The van der Waals surface area contributed by atoms with Gasteiger partial charge in [0.2, 0.25) is 0 Å². The summed E-state index contributed by atoms with van der Waals surface area (Å²) in [4.78, 5) is 18.8. The molecule has 1 saturated heterocycles. The van der Waals surface area contributed by atoms with Crippen molar-refractivity contribution in [3.8, 4) is 0 Å². The number of pyridine rings is 1. The van der Waals surface area contributed by atoms with Crippen LogP contribution in [0.25, 0.3) is 0 Å². The van der Waals surface area contributed by atoms with Crippen LogP contribution in [0.1, 0.15) is 43.9 Å². The van der Waals surface area contributed by atoms with Crippen molar-refractivity contribution in [3.05, 3.63) is 41.9 Å². The second kappa shape index (κ2) is 8.31. The number of nitrogens with one attached hydrogen (secondary N) is 1. The quantitative estimate of drug-likeness (QED) is 0.862. The van der Waals surface area contributed by atoms with Crippen molar-refractivity contribution in [2.75, 3.05) is 18.5 Å².